The van der Waals surface area contributed by atoms with Crippen molar-refractivity contribution in [3.05, 3.63) is 11.1 Å². The van der Waals surface area contributed by atoms with Crippen LogP contribution in [0.5, 0.6) is 0 Å². The second-order valence-electron chi connectivity index (χ2n) is 8.80. The molecule has 0 saturated heterocycles. The SMILES string of the molecule is CC1=C(CCCCCCCCCCCCCCC(N)=O)C(C)(C)CC1=O. The van der Waals surface area contributed by atoms with Gasteiger partial charge in [-0.3, -0.25) is 9.59 Å². The lowest BCUT2D eigenvalue weighted by atomic mass is 9.82. The van der Waals surface area contributed by atoms with Crippen LogP contribution in [0, 0.1) is 5.41 Å². The molecule has 1 rings (SSSR count). The molecular weight excluding hydrogens is 322 g/mol. The number of hydrogen-bond donors (Lipinski definition) is 1. The molecule has 0 spiro atoms. The fourth-order valence-electron chi connectivity index (χ4n) is 4.21. The Morgan fingerprint density at radius 2 is 1.27 bits per heavy atom. The molecule has 150 valence electrons. The third kappa shape index (κ3) is 9.00. The maximum absolute atomic E-state index is 11.9. The van der Waals surface area contributed by atoms with E-state index in [9.17, 15) is 9.59 Å². The highest BCUT2D eigenvalue weighted by Gasteiger charge is 2.35. The van der Waals surface area contributed by atoms with Gasteiger partial charge in [0.25, 0.3) is 0 Å². The molecule has 3 nitrogen and oxygen atoms in total. The van der Waals surface area contributed by atoms with E-state index in [1.54, 1.807) is 0 Å². The fourth-order valence-corrected chi connectivity index (χ4v) is 4.21. The van der Waals surface area contributed by atoms with E-state index >= 15 is 0 Å². The minimum Gasteiger partial charge on any atom is -0.370 e. The van der Waals surface area contributed by atoms with Gasteiger partial charge >= 0.3 is 0 Å². The van der Waals surface area contributed by atoms with Gasteiger partial charge in [0.15, 0.2) is 5.78 Å². The van der Waals surface area contributed by atoms with Crippen molar-refractivity contribution in [2.45, 2.75) is 117 Å². The van der Waals surface area contributed by atoms with Crippen molar-refractivity contribution in [3.63, 3.8) is 0 Å². The molecule has 0 bridgehead atoms. The van der Waals surface area contributed by atoms with E-state index in [2.05, 4.69) is 13.8 Å². The summed E-state index contributed by atoms with van der Waals surface area (Å²) < 4.78 is 0. The van der Waals surface area contributed by atoms with Gasteiger partial charge in [0.05, 0.1) is 0 Å². The molecule has 0 aromatic heterocycles. The highest BCUT2D eigenvalue weighted by Crippen LogP contribution is 2.42. The molecule has 0 unspecified atom stereocenters. The first-order valence-electron chi connectivity index (χ1n) is 10.9. The van der Waals surface area contributed by atoms with Crippen molar-refractivity contribution in [1.29, 1.82) is 0 Å². The number of allylic oxidation sites excluding steroid dienone is 2. The summed E-state index contributed by atoms with van der Waals surface area (Å²) >= 11 is 0. The van der Waals surface area contributed by atoms with Gasteiger partial charge < -0.3 is 5.73 Å². The zero-order valence-electron chi connectivity index (χ0n) is 17.5. The normalized spacial score (nSPS) is 16.5. The van der Waals surface area contributed by atoms with Crippen LogP contribution in [-0.4, -0.2) is 11.7 Å². The maximum Gasteiger partial charge on any atom is 0.217 e. The molecule has 0 heterocycles. The molecule has 1 aliphatic carbocycles. The molecule has 1 aliphatic rings. The Bertz CT molecular complexity index is 477. The van der Waals surface area contributed by atoms with Crippen LogP contribution < -0.4 is 5.73 Å². The van der Waals surface area contributed by atoms with E-state index in [1.165, 1.54) is 69.8 Å². The molecule has 0 atom stereocenters. The van der Waals surface area contributed by atoms with Crippen LogP contribution in [0.25, 0.3) is 0 Å². The molecule has 0 saturated carbocycles. The van der Waals surface area contributed by atoms with E-state index in [-0.39, 0.29) is 11.3 Å². The number of Topliss-reactive ketones (excluding diaryl/α,β-unsaturated/α-hetero) is 1. The highest BCUT2D eigenvalue weighted by molar-refractivity contribution is 5.99. The van der Waals surface area contributed by atoms with Crippen molar-refractivity contribution < 1.29 is 9.59 Å². The predicted octanol–water partition coefficient (Wildman–Crippen LogP) is 6.25. The number of carbonyl (C=O) groups excluding carboxylic acids is 2. The van der Waals surface area contributed by atoms with Crippen molar-refractivity contribution >= 4 is 11.7 Å². The van der Waals surface area contributed by atoms with E-state index in [4.69, 9.17) is 5.73 Å². The Kier molecular flexibility index (Phi) is 10.8. The standard InChI is InChI=1S/C23H41NO2/c1-19-20(23(2,3)18-21(19)25)16-14-12-10-8-6-4-5-7-9-11-13-15-17-22(24)26/h4-18H2,1-3H3,(H2,24,26). The third-order valence-corrected chi connectivity index (χ3v) is 5.89. The molecule has 26 heavy (non-hydrogen) atoms. The summed E-state index contributed by atoms with van der Waals surface area (Å²) in [5.74, 6) is 0.190. The Labute approximate surface area is 161 Å². The van der Waals surface area contributed by atoms with Crippen molar-refractivity contribution in [3.8, 4) is 0 Å². The van der Waals surface area contributed by atoms with Crippen LogP contribution in [-0.2, 0) is 9.59 Å². The average molecular weight is 364 g/mol. The highest BCUT2D eigenvalue weighted by atomic mass is 16.1. The Balaban J connectivity index is 1.90. The second-order valence-corrected chi connectivity index (χ2v) is 8.80. The number of ketones is 1. The summed E-state index contributed by atoms with van der Waals surface area (Å²) in [4.78, 5) is 22.5. The van der Waals surface area contributed by atoms with Crippen LogP contribution in [0.4, 0.5) is 0 Å². The van der Waals surface area contributed by atoms with Gasteiger partial charge in [0.1, 0.15) is 0 Å². The first-order valence-corrected chi connectivity index (χ1v) is 10.9. The van der Waals surface area contributed by atoms with Crippen molar-refractivity contribution in [2.75, 3.05) is 0 Å². The molecule has 1 amide bonds. The lowest BCUT2D eigenvalue weighted by Crippen LogP contribution is -2.11. The number of nitrogens with two attached hydrogens (primary N) is 1. The molecule has 2 N–H and O–H groups in total. The van der Waals surface area contributed by atoms with E-state index in [0.717, 1.165) is 24.8 Å². The predicted molar refractivity (Wildman–Crippen MR) is 110 cm³/mol. The lowest BCUT2D eigenvalue weighted by molar-refractivity contribution is -0.118. The minimum atomic E-state index is -0.169. The Morgan fingerprint density at radius 3 is 1.65 bits per heavy atom. The summed E-state index contributed by atoms with van der Waals surface area (Å²) in [7, 11) is 0. The minimum absolute atomic E-state index is 0.0982. The van der Waals surface area contributed by atoms with Gasteiger partial charge in [-0.2, -0.15) is 0 Å². The molecule has 0 aromatic carbocycles. The summed E-state index contributed by atoms with van der Waals surface area (Å²) in [5.41, 5.74) is 7.69. The molecule has 0 fully saturated rings. The maximum atomic E-state index is 11.9. The molecule has 0 aromatic rings. The van der Waals surface area contributed by atoms with Crippen molar-refractivity contribution in [2.24, 2.45) is 11.1 Å². The molecular formula is C23H41NO2. The van der Waals surface area contributed by atoms with Gasteiger partial charge in [-0.05, 0) is 37.2 Å². The van der Waals surface area contributed by atoms with Gasteiger partial charge in [-0.25, -0.2) is 0 Å². The van der Waals surface area contributed by atoms with Crippen LogP contribution in [0.15, 0.2) is 11.1 Å². The Hall–Kier alpha value is -1.12. The number of primary amides is 1. The van der Waals surface area contributed by atoms with E-state index < -0.39 is 0 Å². The second kappa shape index (κ2) is 12.3. The zero-order valence-corrected chi connectivity index (χ0v) is 17.5. The third-order valence-electron chi connectivity index (χ3n) is 5.89. The summed E-state index contributed by atoms with van der Waals surface area (Å²) in [5, 5.41) is 0. The quantitative estimate of drug-likeness (QED) is 0.350. The number of rotatable bonds is 15. The summed E-state index contributed by atoms with van der Waals surface area (Å²) in [6, 6.07) is 0. The van der Waals surface area contributed by atoms with Crippen LogP contribution >= 0.6 is 0 Å². The zero-order chi connectivity index (χ0) is 19.4. The fraction of sp³-hybridized carbons (Fsp3) is 0.826. The van der Waals surface area contributed by atoms with Gasteiger partial charge in [-0.15, -0.1) is 0 Å². The smallest absolute Gasteiger partial charge is 0.217 e. The van der Waals surface area contributed by atoms with Crippen LogP contribution in [0.3, 0.4) is 0 Å². The average Bonchev–Trinajstić information content (AvgIpc) is 2.76. The number of amides is 1. The van der Waals surface area contributed by atoms with Gasteiger partial charge in [0.2, 0.25) is 5.91 Å². The first-order chi connectivity index (χ1) is 12.3. The monoisotopic (exact) mass is 363 g/mol. The van der Waals surface area contributed by atoms with E-state index in [1.807, 2.05) is 6.92 Å². The van der Waals surface area contributed by atoms with E-state index in [0.29, 0.717) is 18.6 Å². The number of carbonyl (C=O) groups is 2. The van der Waals surface area contributed by atoms with Crippen LogP contribution in [0.2, 0.25) is 0 Å². The summed E-state index contributed by atoms with van der Waals surface area (Å²) in [6.07, 6.45) is 17.6. The molecule has 3 heteroatoms. The molecule has 0 radical (unpaired) electrons. The van der Waals surface area contributed by atoms with Gasteiger partial charge in [0, 0.05) is 12.8 Å². The topological polar surface area (TPSA) is 60.2 Å². The van der Waals surface area contributed by atoms with Crippen LogP contribution in [0.1, 0.15) is 117 Å². The number of unbranched alkanes of at least 4 members (excludes halogenated alkanes) is 11. The van der Waals surface area contributed by atoms with Gasteiger partial charge in [-0.1, -0.05) is 83.6 Å². The largest absolute Gasteiger partial charge is 0.370 e. The van der Waals surface area contributed by atoms with Crippen molar-refractivity contribution in [1.82, 2.24) is 0 Å². The summed E-state index contributed by atoms with van der Waals surface area (Å²) in [6.45, 7) is 6.45. The first kappa shape index (κ1) is 22.9. The number of hydrogen-bond acceptors (Lipinski definition) is 2. The molecule has 0 aliphatic heterocycles. The Morgan fingerprint density at radius 1 is 0.846 bits per heavy atom. The lowest BCUT2D eigenvalue weighted by Gasteiger charge is -2.22.